The molecule has 132 valence electrons. The average molecular weight is 363 g/mol. The summed E-state index contributed by atoms with van der Waals surface area (Å²) in [6.45, 7) is 6.65. The lowest BCUT2D eigenvalue weighted by molar-refractivity contribution is 0.289. The second-order valence-corrected chi connectivity index (χ2v) is 7.86. The maximum Gasteiger partial charge on any atom is 0.240 e. The van der Waals surface area contributed by atoms with Gasteiger partial charge in [0.1, 0.15) is 5.75 Å². The molecule has 0 amide bonds. The highest BCUT2D eigenvalue weighted by Gasteiger charge is 2.21. The smallest absolute Gasteiger partial charge is 0.240 e. The molecule has 0 unspecified atom stereocenters. The summed E-state index contributed by atoms with van der Waals surface area (Å²) in [5, 5.41) is 3.22. The van der Waals surface area contributed by atoms with E-state index in [-0.39, 0.29) is 18.4 Å². The lowest BCUT2D eigenvalue weighted by atomic mass is 10.1. The van der Waals surface area contributed by atoms with Crippen molar-refractivity contribution in [3.63, 3.8) is 0 Å². The van der Waals surface area contributed by atoms with Gasteiger partial charge in [0.05, 0.1) is 11.5 Å². The number of piperidine rings is 1. The summed E-state index contributed by atoms with van der Waals surface area (Å²) in [5.74, 6) is 1.30. The van der Waals surface area contributed by atoms with Gasteiger partial charge in [0.25, 0.3) is 0 Å². The van der Waals surface area contributed by atoms with E-state index in [0.29, 0.717) is 23.2 Å². The van der Waals surface area contributed by atoms with Crippen molar-refractivity contribution >= 4 is 22.4 Å². The normalized spacial score (nSPS) is 16.1. The molecule has 5 nitrogen and oxygen atoms in total. The SMILES string of the molecule is CC(C)CCOc1ccc(S(=O)(=O)NC2CCNCC2)cc1.Cl. The van der Waals surface area contributed by atoms with Crippen LogP contribution in [0.5, 0.6) is 5.75 Å². The maximum absolute atomic E-state index is 12.3. The zero-order chi connectivity index (χ0) is 16.0. The van der Waals surface area contributed by atoms with E-state index in [9.17, 15) is 8.42 Å². The highest BCUT2D eigenvalue weighted by atomic mass is 35.5. The number of rotatable bonds is 7. The fourth-order valence-electron chi connectivity index (χ4n) is 2.35. The number of hydrogen-bond acceptors (Lipinski definition) is 4. The van der Waals surface area contributed by atoms with Crippen molar-refractivity contribution in [2.24, 2.45) is 5.92 Å². The van der Waals surface area contributed by atoms with Crippen molar-refractivity contribution in [3.8, 4) is 5.75 Å². The minimum atomic E-state index is -3.44. The van der Waals surface area contributed by atoms with Gasteiger partial charge in [0.15, 0.2) is 0 Å². The average Bonchev–Trinajstić information content (AvgIpc) is 2.48. The van der Waals surface area contributed by atoms with Crippen LogP contribution in [-0.4, -0.2) is 34.2 Å². The summed E-state index contributed by atoms with van der Waals surface area (Å²) in [7, 11) is -3.44. The third-order valence-corrected chi connectivity index (χ3v) is 5.30. The fraction of sp³-hybridized carbons (Fsp3) is 0.625. The van der Waals surface area contributed by atoms with E-state index in [1.54, 1.807) is 24.3 Å². The molecule has 7 heteroatoms. The van der Waals surface area contributed by atoms with Crippen molar-refractivity contribution in [1.29, 1.82) is 0 Å². The molecule has 0 radical (unpaired) electrons. The van der Waals surface area contributed by atoms with Crippen molar-refractivity contribution in [1.82, 2.24) is 10.0 Å². The molecular formula is C16H27ClN2O3S. The van der Waals surface area contributed by atoms with Crippen LogP contribution in [0.3, 0.4) is 0 Å². The maximum atomic E-state index is 12.3. The van der Waals surface area contributed by atoms with Gasteiger partial charge in [-0.25, -0.2) is 13.1 Å². The topological polar surface area (TPSA) is 67.4 Å². The van der Waals surface area contributed by atoms with Gasteiger partial charge in [0.2, 0.25) is 10.0 Å². The first-order chi connectivity index (χ1) is 10.5. The molecular weight excluding hydrogens is 336 g/mol. The Morgan fingerprint density at radius 1 is 1.22 bits per heavy atom. The van der Waals surface area contributed by atoms with E-state index in [1.165, 1.54) is 0 Å². The Balaban J connectivity index is 0.00000264. The van der Waals surface area contributed by atoms with E-state index < -0.39 is 10.0 Å². The number of hydrogen-bond donors (Lipinski definition) is 2. The molecule has 2 rings (SSSR count). The number of sulfonamides is 1. The van der Waals surface area contributed by atoms with E-state index in [0.717, 1.165) is 32.4 Å². The number of nitrogens with one attached hydrogen (secondary N) is 2. The quantitative estimate of drug-likeness (QED) is 0.782. The molecule has 0 aromatic heterocycles. The molecule has 1 saturated heterocycles. The summed E-state index contributed by atoms with van der Waals surface area (Å²) in [6.07, 6.45) is 2.64. The van der Waals surface area contributed by atoms with Crippen LogP contribution in [0.15, 0.2) is 29.2 Å². The van der Waals surface area contributed by atoms with Crippen LogP contribution in [-0.2, 0) is 10.0 Å². The third-order valence-electron chi connectivity index (χ3n) is 3.76. The third kappa shape index (κ3) is 6.67. The van der Waals surface area contributed by atoms with Gasteiger partial charge in [-0.2, -0.15) is 0 Å². The highest BCUT2D eigenvalue weighted by molar-refractivity contribution is 7.89. The van der Waals surface area contributed by atoms with Crippen molar-refractivity contribution in [2.45, 2.75) is 44.0 Å². The molecule has 1 aliphatic heterocycles. The van der Waals surface area contributed by atoms with Crippen LogP contribution in [0.4, 0.5) is 0 Å². The van der Waals surface area contributed by atoms with E-state index in [2.05, 4.69) is 23.9 Å². The molecule has 0 bridgehead atoms. The van der Waals surface area contributed by atoms with Gasteiger partial charge in [-0.1, -0.05) is 13.8 Å². The van der Waals surface area contributed by atoms with Crippen molar-refractivity contribution in [2.75, 3.05) is 19.7 Å². The Morgan fingerprint density at radius 2 is 1.83 bits per heavy atom. The standard InChI is InChI=1S/C16H26N2O3S.ClH/c1-13(2)9-12-21-15-3-5-16(6-4-15)22(19,20)18-14-7-10-17-11-8-14;/h3-6,13-14,17-18H,7-12H2,1-2H3;1H. The molecule has 23 heavy (non-hydrogen) atoms. The lowest BCUT2D eigenvalue weighted by Crippen LogP contribution is -2.42. The minimum Gasteiger partial charge on any atom is -0.494 e. The van der Waals surface area contributed by atoms with Crippen LogP contribution in [0.25, 0.3) is 0 Å². The Labute approximate surface area is 145 Å². The van der Waals surface area contributed by atoms with Crippen LogP contribution in [0.2, 0.25) is 0 Å². The first kappa shape index (κ1) is 20.2. The Bertz CT molecular complexity index is 555. The Morgan fingerprint density at radius 3 is 2.39 bits per heavy atom. The van der Waals surface area contributed by atoms with Gasteiger partial charge in [0, 0.05) is 6.04 Å². The van der Waals surface area contributed by atoms with Crippen LogP contribution >= 0.6 is 12.4 Å². The molecule has 2 N–H and O–H groups in total. The summed E-state index contributed by atoms with van der Waals surface area (Å²) < 4.78 is 33.1. The molecule has 1 aliphatic rings. The number of ether oxygens (including phenoxy) is 1. The molecule has 0 atom stereocenters. The van der Waals surface area contributed by atoms with Gasteiger partial charge in [-0.3, -0.25) is 0 Å². The van der Waals surface area contributed by atoms with Gasteiger partial charge < -0.3 is 10.1 Å². The fourth-order valence-corrected chi connectivity index (χ4v) is 3.66. The zero-order valence-electron chi connectivity index (χ0n) is 13.7. The first-order valence-corrected chi connectivity index (χ1v) is 9.41. The van der Waals surface area contributed by atoms with E-state index in [4.69, 9.17) is 4.74 Å². The summed E-state index contributed by atoms with van der Waals surface area (Å²) in [5.41, 5.74) is 0. The Hall–Kier alpha value is -0.820. The first-order valence-electron chi connectivity index (χ1n) is 7.93. The number of halogens is 1. The minimum absolute atomic E-state index is 0. The molecule has 0 aliphatic carbocycles. The van der Waals surface area contributed by atoms with Crippen LogP contribution in [0.1, 0.15) is 33.1 Å². The molecule has 1 aromatic carbocycles. The van der Waals surface area contributed by atoms with Gasteiger partial charge in [-0.15, -0.1) is 12.4 Å². The molecule has 1 fully saturated rings. The van der Waals surface area contributed by atoms with Gasteiger partial charge in [-0.05, 0) is 62.5 Å². The molecule has 1 aromatic rings. The second-order valence-electron chi connectivity index (χ2n) is 6.15. The molecule has 0 spiro atoms. The van der Waals surface area contributed by atoms with Crippen molar-refractivity contribution in [3.05, 3.63) is 24.3 Å². The summed E-state index contributed by atoms with van der Waals surface area (Å²) in [6, 6.07) is 6.67. The lowest BCUT2D eigenvalue weighted by Gasteiger charge is -2.23. The summed E-state index contributed by atoms with van der Waals surface area (Å²) >= 11 is 0. The monoisotopic (exact) mass is 362 g/mol. The number of benzene rings is 1. The van der Waals surface area contributed by atoms with E-state index >= 15 is 0 Å². The zero-order valence-corrected chi connectivity index (χ0v) is 15.4. The second kappa shape index (κ2) is 9.47. The predicted octanol–water partition coefficient (Wildman–Crippen LogP) is 2.56. The van der Waals surface area contributed by atoms with Crippen LogP contribution < -0.4 is 14.8 Å². The largest absolute Gasteiger partial charge is 0.494 e. The van der Waals surface area contributed by atoms with Crippen LogP contribution in [0, 0.1) is 5.92 Å². The summed E-state index contributed by atoms with van der Waals surface area (Å²) in [4.78, 5) is 0.294. The Kier molecular flexibility index (Phi) is 8.33. The highest BCUT2D eigenvalue weighted by Crippen LogP contribution is 2.18. The van der Waals surface area contributed by atoms with Gasteiger partial charge >= 0.3 is 0 Å². The van der Waals surface area contributed by atoms with E-state index in [1.807, 2.05) is 0 Å². The molecule has 0 saturated carbocycles. The molecule has 1 heterocycles. The van der Waals surface area contributed by atoms with Crippen molar-refractivity contribution < 1.29 is 13.2 Å². The predicted molar refractivity (Wildman–Crippen MR) is 94.9 cm³/mol.